The van der Waals surface area contributed by atoms with E-state index in [-0.39, 0.29) is 0 Å². The van der Waals surface area contributed by atoms with Crippen molar-refractivity contribution in [2.75, 3.05) is 0 Å². The normalized spacial score (nSPS) is 13.4. The van der Waals surface area contributed by atoms with Crippen molar-refractivity contribution in [3.63, 3.8) is 0 Å². The Bertz CT molecular complexity index is 275. The highest BCUT2D eigenvalue weighted by molar-refractivity contribution is 5.19. The van der Waals surface area contributed by atoms with E-state index in [2.05, 4.69) is 63.3 Å². The maximum absolute atomic E-state index is 3.77. The lowest BCUT2D eigenvalue weighted by molar-refractivity contribution is 0.346. The van der Waals surface area contributed by atoms with Crippen LogP contribution < -0.4 is 5.32 Å². The van der Waals surface area contributed by atoms with Gasteiger partial charge in [0.2, 0.25) is 0 Å². The van der Waals surface area contributed by atoms with Crippen LogP contribution in [0.2, 0.25) is 0 Å². The molecule has 1 unspecified atom stereocenters. The van der Waals surface area contributed by atoms with Crippen LogP contribution in [0.3, 0.4) is 0 Å². The fourth-order valence-electron chi connectivity index (χ4n) is 2.11. The van der Waals surface area contributed by atoms with Gasteiger partial charge in [-0.05, 0) is 24.3 Å². The second-order valence-corrected chi connectivity index (χ2v) is 4.81. The lowest BCUT2D eigenvalue weighted by Crippen LogP contribution is -2.34. The third-order valence-electron chi connectivity index (χ3n) is 3.23. The first-order chi connectivity index (χ1) is 7.69. The first-order valence-electron chi connectivity index (χ1n) is 6.50. The molecule has 0 radical (unpaired) electrons. The van der Waals surface area contributed by atoms with E-state index in [1.54, 1.807) is 0 Å². The van der Waals surface area contributed by atoms with Crippen molar-refractivity contribution in [3.05, 3.63) is 35.9 Å². The molecule has 1 rings (SSSR count). The average Bonchev–Trinajstić information content (AvgIpc) is 2.31. The van der Waals surface area contributed by atoms with Crippen LogP contribution in [0.1, 0.15) is 52.1 Å². The summed E-state index contributed by atoms with van der Waals surface area (Å²) in [6.07, 6.45) is 2.40. The molecule has 1 aromatic carbocycles. The van der Waals surface area contributed by atoms with E-state index in [0.717, 1.165) is 0 Å². The van der Waals surface area contributed by atoms with Crippen molar-refractivity contribution in [2.45, 2.75) is 52.6 Å². The summed E-state index contributed by atoms with van der Waals surface area (Å²) in [5, 5.41) is 3.77. The molecule has 0 saturated heterocycles. The Kier molecular flexibility index (Phi) is 5.54. The molecular weight excluding hydrogens is 194 g/mol. The largest absolute Gasteiger partial charge is 0.307 e. The third kappa shape index (κ3) is 3.64. The van der Waals surface area contributed by atoms with Crippen LogP contribution in [0.5, 0.6) is 0 Å². The fraction of sp³-hybridized carbons (Fsp3) is 0.600. The topological polar surface area (TPSA) is 12.0 Å². The Morgan fingerprint density at radius 1 is 1.00 bits per heavy atom. The van der Waals surface area contributed by atoms with Crippen LogP contribution in [0.4, 0.5) is 0 Å². The van der Waals surface area contributed by atoms with Crippen molar-refractivity contribution < 1.29 is 0 Å². The first kappa shape index (κ1) is 13.2. The van der Waals surface area contributed by atoms with Crippen LogP contribution in [-0.2, 0) is 0 Å². The zero-order valence-electron chi connectivity index (χ0n) is 11.0. The molecule has 1 nitrogen and oxygen atoms in total. The molecule has 0 saturated carbocycles. The van der Waals surface area contributed by atoms with Crippen molar-refractivity contribution >= 4 is 0 Å². The van der Waals surface area contributed by atoms with Gasteiger partial charge in [-0.15, -0.1) is 0 Å². The van der Waals surface area contributed by atoms with Crippen LogP contribution in [-0.4, -0.2) is 6.04 Å². The summed E-state index contributed by atoms with van der Waals surface area (Å²) in [6, 6.07) is 11.9. The van der Waals surface area contributed by atoms with Crippen molar-refractivity contribution in [1.29, 1.82) is 0 Å². The summed E-state index contributed by atoms with van der Waals surface area (Å²) < 4.78 is 0. The minimum Gasteiger partial charge on any atom is -0.307 e. The Labute approximate surface area is 100 Å². The van der Waals surface area contributed by atoms with Crippen LogP contribution in [0, 0.1) is 5.92 Å². The van der Waals surface area contributed by atoms with Crippen LogP contribution in [0.15, 0.2) is 30.3 Å². The lowest BCUT2D eigenvalue weighted by Gasteiger charge is -2.27. The summed E-state index contributed by atoms with van der Waals surface area (Å²) in [4.78, 5) is 0. The summed E-state index contributed by atoms with van der Waals surface area (Å²) in [5.41, 5.74) is 1.41. The quantitative estimate of drug-likeness (QED) is 0.757. The SMILES string of the molecule is CCC(CC)NC(c1ccccc1)C(C)C. The van der Waals surface area contributed by atoms with E-state index in [9.17, 15) is 0 Å². The molecule has 0 aliphatic carbocycles. The van der Waals surface area contributed by atoms with E-state index >= 15 is 0 Å². The van der Waals surface area contributed by atoms with Gasteiger partial charge in [0.05, 0.1) is 0 Å². The van der Waals surface area contributed by atoms with E-state index in [4.69, 9.17) is 0 Å². The number of nitrogens with one attached hydrogen (secondary N) is 1. The minimum atomic E-state index is 0.478. The van der Waals surface area contributed by atoms with E-state index in [1.165, 1.54) is 18.4 Å². The Morgan fingerprint density at radius 2 is 1.56 bits per heavy atom. The van der Waals surface area contributed by atoms with Gasteiger partial charge in [-0.1, -0.05) is 58.0 Å². The summed E-state index contributed by atoms with van der Waals surface area (Å²) in [6.45, 7) is 9.08. The summed E-state index contributed by atoms with van der Waals surface area (Å²) in [7, 11) is 0. The highest BCUT2D eigenvalue weighted by Crippen LogP contribution is 2.22. The van der Waals surface area contributed by atoms with Gasteiger partial charge in [0, 0.05) is 12.1 Å². The molecule has 0 aliphatic heterocycles. The van der Waals surface area contributed by atoms with Gasteiger partial charge in [0.1, 0.15) is 0 Å². The zero-order chi connectivity index (χ0) is 12.0. The second-order valence-electron chi connectivity index (χ2n) is 4.81. The van der Waals surface area contributed by atoms with Crippen molar-refractivity contribution in [1.82, 2.24) is 5.32 Å². The van der Waals surface area contributed by atoms with E-state index in [1.807, 2.05) is 0 Å². The molecular formula is C15H25N. The Morgan fingerprint density at radius 3 is 2.00 bits per heavy atom. The van der Waals surface area contributed by atoms with Gasteiger partial charge in [-0.2, -0.15) is 0 Å². The van der Waals surface area contributed by atoms with Crippen LogP contribution in [0.25, 0.3) is 0 Å². The Balaban J connectivity index is 2.76. The van der Waals surface area contributed by atoms with Crippen LogP contribution >= 0.6 is 0 Å². The molecule has 1 atom stereocenters. The second kappa shape index (κ2) is 6.70. The minimum absolute atomic E-state index is 0.478. The molecule has 16 heavy (non-hydrogen) atoms. The molecule has 0 heterocycles. The van der Waals surface area contributed by atoms with Gasteiger partial charge in [-0.3, -0.25) is 0 Å². The highest BCUT2D eigenvalue weighted by Gasteiger charge is 2.17. The highest BCUT2D eigenvalue weighted by atomic mass is 15.0. The predicted octanol–water partition coefficient (Wildman–Crippen LogP) is 4.16. The van der Waals surface area contributed by atoms with Gasteiger partial charge < -0.3 is 5.32 Å². The molecule has 0 bridgehead atoms. The maximum atomic E-state index is 3.77. The molecule has 0 aromatic heterocycles. The molecule has 0 fully saturated rings. The molecule has 1 heteroatoms. The maximum Gasteiger partial charge on any atom is 0.0345 e. The first-order valence-corrected chi connectivity index (χ1v) is 6.50. The number of rotatable bonds is 6. The standard InChI is InChI=1S/C15H25N/c1-5-14(6-2)16-15(12(3)4)13-10-8-7-9-11-13/h7-12,14-16H,5-6H2,1-4H3. The molecule has 1 N–H and O–H groups in total. The number of hydrogen-bond donors (Lipinski definition) is 1. The zero-order valence-corrected chi connectivity index (χ0v) is 11.0. The van der Waals surface area contributed by atoms with E-state index < -0.39 is 0 Å². The summed E-state index contributed by atoms with van der Waals surface area (Å²) >= 11 is 0. The molecule has 90 valence electrons. The van der Waals surface area contributed by atoms with E-state index in [0.29, 0.717) is 18.0 Å². The van der Waals surface area contributed by atoms with Gasteiger partial charge in [0.15, 0.2) is 0 Å². The number of hydrogen-bond acceptors (Lipinski definition) is 1. The molecule has 0 amide bonds. The van der Waals surface area contributed by atoms with Gasteiger partial charge >= 0.3 is 0 Å². The van der Waals surface area contributed by atoms with Crippen molar-refractivity contribution in [3.8, 4) is 0 Å². The number of benzene rings is 1. The smallest absolute Gasteiger partial charge is 0.0345 e. The molecule has 0 aliphatic rings. The average molecular weight is 219 g/mol. The third-order valence-corrected chi connectivity index (χ3v) is 3.23. The summed E-state index contributed by atoms with van der Waals surface area (Å²) in [5.74, 6) is 0.628. The van der Waals surface area contributed by atoms with Crippen molar-refractivity contribution in [2.24, 2.45) is 5.92 Å². The van der Waals surface area contributed by atoms with Gasteiger partial charge in [0.25, 0.3) is 0 Å². The fourth-order valence-corrected chi connectivity index (χ4v) is 2.11. The molecule has 1 aromatic rings. The Hall–Kier alpha value is -0.820. The van der Waals surface area contributed by atoms with Gasteiger partial charge in [-0.25, -0.2) is 0 Å². The monoisotopic (exact) mass is 219 g/mol. The molecule has 0 spiro atoms. The lowest BCUT2D eigenvalue weighted by atomic mass is 9.94. The predicted molar refractivity (Wildman–Crippen MR) is 71.5 cm³/mol.